The van der Waals surface area contributed by atoms with Crippen molar-refractivity contribution in [2.45, 2.75) is 25.9 Å². The van der Waals surface area contributed by atoms with Gasteiger partial charge in [-0.3, -0.25) is 0 Å². The van der Waals surface area contributed by atoms with Gasteiger partial charge in [0, 0.05) is 30.6 Å². The van der Waals surface area contributed by atoms with Gasteiger partial charge < -0.3 is 10.2 Å². The van der Waals surface area contributed by atoms with Crippen molar-refractivity contribution in [3.63, 3.8) is 0 Å². The van der Waals surface area contributed by atoms with Crippen LogP contribution in [0.5, 0.6) is 0 Å². The average molecular weight is 298 g/mol. The first kappa shape index (κ1) is 16.5. The van der Waals surface area contributed by atoms with Crippen LogP contribution in [0, 0.1) is 0 Å². The van der Waals surface area contributed by atoms with E-state index in [1.54, 1.807) is 0 Å². The molecule has 0 aliphatic heterocycles. The predicted molar refractivity (Wildman–Crippen MR) is 76.5 cm³/mol. The van der Waals surface area contributed by atoms with Crippen LogP contribution >= 0.6 is 34.1 Å². The highest BCUT2D eigenvalue weighted by molar-refractivity contribution is 8.21. The highest BCUT2D eigenvalue weighted by Crippen LogP contribution is 2.21. The smallest absolute Gasteiger partial charge is 0.231 e. The molecule has 0 bridgehead atoms. The highest BCUT2D eigenvalue weighted by Gasteiger charge is 2.10. The summed E-state index contributed by atoms with van der Waals surface area (Å²) in [5.74, 6) is 1.24. The van der Waals surface area contributed by atoms with Gasteiger partial charge >= 0.3 is 0 Å². The Morgan fingerprint density at radius 2 is 1.82 bits per heavy atom. The summed E-state index contributed by atoms with van der Waals surface area (Å²) < 4.78 is 0. The maximum absolute atomic E-state index is 5.68. The number of hydrogen-bond acceptors (Lipinski definition) is 6. The molecule has 0 atom stereocenters. The molecule has 5 nitrogen and oxygen atoms in total. The van der Waals surface area contributed by atoms with Crippen molar-refractivity contribution in [1.82, 2.24) is 15.0 Å². The second kappa shape index (κ2) is 8.60. The number of aromatic nitrogens is 3. The van der Waals surface area contributed by atoms with Crippen molar-refractivity contribution >= 4 is 46.0 Å². The molecule has 0 aliphatic rings. The molecule has 0 fully saturated rings. The van der Waals surface area contributed by atoms with Gasteiger partial charge in [-0.05, 0) is 31.5 Å². The monoisotopic (exact) mass is 297 g/mol. The fourth-order valence-corrected chi connectivity index (χ4v) is 1.71. The van der Waals surface area contributed by atoms with Crippen molar-refractivity contribution in [3.05, 3.63) is 0 Å². The maximum Gasteiger partial charge on any atom is 0.231 e. The molecule has 0 unspecified atom stereocenters. The van der Waals surface area contributed by atoms with Gasteiger partial charge in [-0.15, -0.1) is 12.4 Å². The molecular formula is C9H17Cl2N5S. The zero-order chi connectivity index (χ0) is 12.0. The van der Waals surface area contributed by atoms with Crippen LogP contribution in [0.4, 0.5) is 11.9 Å². The number of rotatable bonds is 6. The fourth-order valence-electron chi connectivity index (χ4n) is 1.27. The minimum atomic E-state index is 0. The molecule has 0 amide bonds. The second-order valence-electron chi connectivity index (χ2n) is 3.02. The lowest BCUT2D eigenvalue weighted by atomic mass is 10.5. The molecule has 1 heterocycles. The number of halogens is 2. The summed E-state index contributed by atoms with van der Waals surface area (Å²) in [6.45, 7) is 8.61. The Morgan fingerprint density at radius 3 is 2.29 bits per heavy atom. The quantitative estimate of drug-likeness (QED) is 0.871. The van der Waals surface area contributed by atoms with E-state index in [0.29, 0.717) is 17.1 Å². The molecule has 98 valence electrons. The first-order valence-electron chi connectivity index (χ1n) is 5.28. The molecular weight excluding hydrogens is 281 g/mol. The Kier molecular flexibility index (Phi) is 8.37. The van der Waals surface area contributed by atoms with E-state index in [0.717, 1.165) is 30.6 Å². The van der Waals surface area contributed by atoms with Crippen LogP contribution < -0.4 is 10.2 Å². The lowest BCUT2D eigenvalue weighted by Gasteiger charge is -2.18. The van der Waals surface area contributed by atoms with Crippen molar-refractivity contribution in [3.8, 4) is 0 Å². The van der Waals surface area contributed by atoms with Gasteiger partial charge in [0.2, 0.25) is 17.1 Å². The summed E-state index contributed by atoms with van der Waals surface area (Å²) >= 11 is 0. The van der Waals surface area contributed by atoms with Gasteiger partial charge in [-0.1, -0.05) is 0 Å². The Bertz CT molecular complexity index is 335. The maximum atomic E-state index is 5.68. The zero-order valence-corrected chi connectivity index (χ0v) is 12.5. The third-order valence-corrected chi connectivity index (χ3v) is 2.79. The molecule has 0 saturated carbocycles. The summed E-state index contributed by atoms with van der Waals surface area (Å²) in [7, 11) is 6.68. The molecule has 0 aromatic carbocycles. The van der Waals surface area contributed by atoms with Crippen LogP contribution in [0.2, 0.25) is 0 Å². The number of hydrogen-bond donors (Lipinski definition) is 1. The summed E-state index contributed by atoms with van der Waals surface area (Å²) in [4.78, 5) is 14.8. The molecule has 1 rings (SSSR count). The van der Waals surface area contributed by atoms with E-state index in [1.807, 2.05) is 6.92 Å². The van der Waals surface area contributed by atoms with Crippen molar-refractivity contribution in [2.24, 2.45) is 0 Å². The Hall–Kier alpha value is -0.460. The molecule has 1 aromatic rings. The van der Waals surface area contributed by atoms with E-state index in [4.69, 9.17) is 10.7 Å². The van der Waals surface area contributed by atoms with Gasteiger partial charge in [0.15, 0.2) is 0 Å². The topological polar surface area (TPSA) is 53.9 Å². The molecule has 0 aliphatic carbocycles. The normalized spacial score (nSPS) is 9.65. The van der Waals surface area contributed by atoms with Crippen LogP contribution in [-0.2, 0) is 0 Å². The Labute approximate surface area is 117 Å². The minimum Gasteiger partial charge on any atom is -0.354 e. The summed E-state index contributed by atoms with van der Waals surface area (Å²) in [6, 6.07) is 0. The lowest BCUT2D eigenvalue weighted by Crippen LogP contribution is -2.25. The molecule has 0 saturated heterocycles. The number of nitrogens with one attached hydrogen (secondary N) is 1. The van der Waals surface area contributed by atoms with Crippen molar-refractivity contribution < 1.29 is 0 Å². The van der Waals surface area contributed by atoms with E-state index in [1.165, 1.54) is 0 Å². The van der Waals surface area contributed by atoms with Crippen LogP contribution in [0.15, 0.2) is 5.16 Å². The van der Waals surface area contributed by atoms with Crippen LogP contribution in [0.3, 0.4) is 0 Å². The van der Waals surface area contributed by atoms with Gasteiger partial charge in [0.25, 0.3) is 0 Å². The van der Waals surface area contributed by atoms with E-state index in [2.05, 4.69) is 39.0 Å². The Balaban J connectivity index is 0.00000256. The first-order chi connectivity index (χ1) is 7.74. The average Bonchev–Trinajstić information content (AvgIpc) is 2.31. The van der Waals surface area contributed by atoms with E-state index >= 15 is 0 Å². The molecule has 0 radical (unpaired) electrons. The van der Waals surface area contributed by atoms with Crippen LogP contribution in [0.1, 0.15) is 20.8 Å². The third-order valence-electron chi connectivity index (χ3n) is 2.05. The van der Waals surface area contributed by atoms with Crippen molar-refractivity contribution in [1.29, 1.82) is 0 Å². The van der Waals surface area contributed by atoms with Gasteiger partial charge in [0.1, 0.15) is 0 Å². The first-order valence-corrected chi connectivity index (χ1v) is 6.92. The SMILES string of the molecule is CCNc1nc(SCl)nc(N(CC)CC)n1.Cl. The summed E-state index contributed by atoms with van der Waals surface area (Å²) in [5.41, 5.74) is 0. The summed E-state index contributed by atoms with van der Waals surface area (Å²) in [6.07, 6.45) is 0. The van der Waals surface area contributed by atoms with Gasteiger partial charge in [-0.2, -0.15) is 15.0 Å². The van der Waals surface area contributed by atoms with Crippen molar-refractivity contribution in [2.75, 3.05) is 29.9 Å². The lowest BCUT2D eigenvalue weighted by molar-refractivity contribution is 0.784. The highest BCUT2D eigenvalue weighted by atomic mass is 35.7. The second-order valence-corrected chi connectivity index (χ2v) is 4.00. The predicted octanol–water partition coefficient (Wildman–Crippen LogP) is 2.82. The standard InChI is InChI=1S/C9H16ClN5S.ClH/c1-4-11-7-12-8(15(5-2)6-3)14-9(13-7)16-10;/h4-6H2,1-3H3,(H,11,12,13,14);1H. The number of nitrogens with zero attached hydrogens (tertiary/aromatic N) is 4. The van der Waals surface area contributed by atoms with E-state index in [-0.39, 0.29) is 12.4 Å². The summed E-state index contributed by atoms with van der Waals surface area (Å²) in [5, 5.41) is 3.59. The number of anilines is 2. The molecule has 8 heteroatoms. The minimum absolute atomic E-state index is 0. The Morgan fingerprint density at radius 1 is 1.18 bits per heavy atom. The molecule has 1 aromatic heterocycles. The third kappa shape index (κ3) is 4.73. The zero-order valence-electron chi connectivity index (χ0n) is 10.1. The largest absolute Gasteiger partial charge is 0.354 e. The van der Waals surface area contributed by atoms with Crippen LogP contribution in [-0.4, -0.2) is 34.6 Å². The van der Waals surface area contributed by atoms with E-state index in [9.17, 15) is 0 Å². The molecule has 0 spiro atoms. The van der Waals surface area contributed by atoms with Gasteiger partial charge in [0.05, 0.1) is 0 Å². The fraction of sp³-hybridized carbons (Fsp3) is 0.667. The van der Waals surface area contributed by atoms with Gasteiger partial charge in [-0.25, -0.2) is 0 Å². The molecule has 17 heavy (non-hydrogen) atoms. The molecule has 1 N–H and O–H groups in total. The van der Waals surface area contributed by atoms with Crippen LogP contribution in [0.25, 0.3) is 0 Å². The van der Waals surface area contributed by atoms with E-state index < -0.39 is 0 Å².